The Morgan fingerprint density at radius 2 is 0.875 bits per heavy atom. The van der Waals surface area contributed by atoms with Crippen molar-refractivity contribution in [2.24, 2.45) is 11.8 Å². The number of Topliss-reactive ketones (excluding diaryl/α,β-unsaturated/α-hetero) is 2. The first-order valence-electron chi connectivity index (χ1n) is 12.7. The molecule has 0 spiro atoms. The van der Waals surface area contributed by atoms with Crippen LogP contribution in [0, 0.1) is 11.8 Å². The molecule has 32 heavy (non-hydrogen) atoms. The molecule has 0 N–H and O–H groups in total. The van der Waals surface area contributed by atoms with Crippen LogP contribution in [0.15, 0.2) is 46.6 Å². The predicted octanol–water partition coefficient (Wildman–Crippen LogP) is 9.12. The zero-order valence-corrected chi connectivity index (χ0v) is 22.4. The Balaban J connectivity index is 4.15. The Bertz CT molecular complexity index is 620. The van der Waals surface area contributed by atoms with E-state index >= 15 is 0 Å². The molecular formula is C30H50O2. The molecule has 0 aliphatic rings. The summed E-state index contributed by atoms with van der Waals surface area (Å²) in [7, 11) is 0. The first-order chi connectivity index (χ1) is 15.0. The molecule has 2 atom stereocenters. The quantitative estimate of drug-likeness (QED) is 0.166. The van der Waals surface area contributed by atoms with Gasteiger partial charge in [0.05, 0.1) is 0 Å². The first kappa shape index (κ1) is 30.3. The monoisotopic (exact) mass is 442 g/mol. The highest BCUT2D eigenvalue weighted by Crippen LogP contribution is 2.17. The van der Waals surface area contributed by atoms with Crippen LogP contribution in [0.5, 0.6) is 0 Å². The SMILES string of the molecule is CC(C)=CCC[C@@H](C)C(=O)CC/C(C)=C/CC/C=C(\C)CCC(=O)[C@@H](C)CCC=C(C)C. The van der Waals surface area contributed by atoms with E-state index in [4.69, 9.17) is 0 Å². The second kappa shape index (κ2) is 17.8. The van der Waals surface area contributed by atoms with Gasteiger partial charge in [-0.3, -0.25) is 9.59 Å². The van der Waals surface area contributed by atoms with E-state index in [0.717, 1.165) is 51.4 Å². The summed E-state index contributed by atoms with van der Waals surface area (Å²) in [5.41, 5.74) is 5.26. The first-order valence-corrected chi connectivity index (χ1v) is 12.7. The van der Waals surface area contributed by atoms with Crippen molar-refractivity contribution < 1.29 is 9.59 Å². The second-order valence-electron chi connectivity index (χ2n) is 10.1. The van der Waals surface area contributed by atoms with E-state index in [1.165, 1.54) is 22.3 Å². The second-order valence-corrected chi connectivity index (χ2v) is 10.1. The molecule has 0 unspecified atom stereocenters. The molecule has 0 aliphatic carbocycles. The number of ketones is 2. The van der Waals surface area contributed by atoms with Crippen LogP contribution in [0.2, 0.25) is 0 Å². The Kier molecular flexibility index (Phi) is 16.9. The summed E-state index contributed by atoms with van der Waals surface area (Å²) in [5.74, 6) is 1.08. The maximum atomic E-state index is 12.3. The minimum absolute atomic E-state index is 0.154. The topological polar surface area (TPSA) is 34.1 Å². The molecule has 0 bridgehead atoms. The van der Waals surface area contributed by atoms with Crippen molar-refractivity contribution in [3.63, 3.8) is 0 Å². The number of rotatable bonds is 17. The van der Waals surface area contributed by atoms with Crippen molar-refractivity contribution in [3.05, 3.63) is 46.6 Å². The molecule has 0 aromatic rings. The minimum atomic E-state index is 0.154. The van der Waals surface area contributed by atoms with Crippen LogP contribution in [-0.2, 0) is 9.59 Å². The van der Waals surface area contributed by atoms with Crippen molar-refractivity contribution in [1.82, 2.24) is 0 Å². The van der Waals surface area contributed by atoms with Crippen molar-refractivity contribution in [2.45, 2.75) is 120 Å². The molecule has 0 saturated heterocycles. The van der Waals surface area contributed by atoms with E-state index in [0.29, 0.717) is 24.4 Å². The smallest absolute Gasteiger partial charge is 0.136 e. The summed E-state index contributed by atoms with van der Waals surface area (Å²) in [6.07, 6.45) is 17.9. The number of hydrogen-bond donors (Lipinski definition) is 0. The van der Waals surface area contributed by atoms with Crippen LogP contribution in [-0.4, -0.2) is 11.6 Å². The average Bonchev–Trinajstić information content (AvgIpc) is 2.72. The summed E-state index contributed by atoms with van der Waals surface area (Å²) >= 11 is 0. The summed E-state index contributed by atoms with van der Waals surface area (Å²) < 4.78 is 0. The lowest BCUT2D eigenvalue weighted by Crippen LogP contribution is -2.10. The fourth-order valence-corrected chi connectivity index (χ4v) is 3.56. The van der Waals surface area contributed by atoms with E-state index in [9.17, 15) is 9.59 Å². The molecule has 0 fully saturated rings. The number of carbonyl (C=O) groups is 2. The van der Waals surface area contributed by atoms with E-state index in [1.807, 2.05) is 0 Å². The van der Waals surface area contributed by atoms with Gasteiger partial charge in [0.25, 0.3) is 0 Å². The molecule has 0 saturated carbocycles. The van der Waals surface area contributed by atoms with Crippen LogP contribution in [0.25, 0.3) is 0 Å². The zero-order chi connectivity index (χ0) is 24.5. The van der Waals surface area contributed by atoms with Gasteiger partial charge in [0.1, 0.15) is 11.6 Å². The Morgan fingerprint density at radius 3 is 1.19 bits per heavy atom. The lowest BCUT2D eigenvalue weighted by Gasteiger charge is -2.10. The predicted molar refractivity (Wildman–Crippen MR) is 141 cm³/mol. The van der Waals surface area contributed by atoms with Crippen LogP contribution >= 0.6 is 0 Å². The molecule has 2 nitrogen and oxygen atoms in total. The summed E-state index contributed by atoms with van der Waals surface area (Å²) in [4.78, 5) is 24.6. The fourth-order valence-electron chi connectivity index (χ4n) is 3.56. The van der Waals surface area contributed by atoms with E-state index < -0.39 is 0 Å². The molecule has 0 aliphatic heterocycles. The lowest BCUT2D eigenvalue weighted by molar-refractivity contribution is -0.123. The van der Waals surface area contributed by atoms with Crippen LogP contribution in [0.3, 0.4) is 0 Å². The van der Waals surface area contributed by atoms with E-state index in [2.05, 4.69) is 79.7 Å². The van der Waals surface area contributed by atoms with Gasteiger partial charge in [-0.25, -0.2) is 0 Å². The molecule has 0 aromatic heterocycles. The Hall–Kier alpha value is -1.70. The Morgan fingerprint density at radius 1 is 0.531 bits per heavy atom. The zero-order valence-electron chi connectivity index (χ0n) is 22.4. The van der Waals surface area contributed by atoms with Crippen molar-refractivity contribution >= 4 is 11.6 Å². The van der Waals surface area contributed by atoms with Gasteiger partial charge < -0.3 is 0 Å². The highest BCUT2D eigenvalue weighted by Gasteiger charge is 2.12. The maximum absolute atomic E-state index is 12.3. The highest BCUT2D eigenvalue weighted by molar-refractivity contribution is 5.81. The van der Waals surface area contributed by atoms with Crippen molar-refractivity contribution in [1.29, 1.82) is 0 Å². The summed E-state index contributed by atoms with van der Waals surface area (Å²) in [5, 5.41) is 0. The van der Waals surface area contributed by atoms with Crippen LogP contribution in [0.1, 0.15) is 120 Å². The number of hydrogen-bond acceptors (Lipinski definition) is 2. The summed E-state index contributed by atoms with van der Waals surface area (Å²) in [6.45, 7) is 16.8. The third-order valence-corrected chi connectivity index (χ3v) is 6.09. The fraction of sp³-hybridized carbons (Fsp3) is 0.667. The van der Waals surface area contributed by atoms with Crippen LogP contribution < -0.4 is 0 Å². The molecule has 0 heterocycles. The minimum Gasteiger partial charge on any atom is -0.299 e. The van der Waals surface area contributed by atoms with Crippen LogP contribution in [0.4, 0.5) is 0 Å². The average molecular weight is 443 g/mol. The van der Waals surface area contributed by atoms with E-state index in [1.54, 1.807) is 0 Å². The Labute approximate surface area is 199 Å². The van der Waals surface area contributed by atoms with E-state index in [-0.39, 0.29) is 11.8 Å². The molecule has 182 valence electrons. The third kappa shape index (κ3) is 16.9. The maximum Gasteiger partial charge on any atom is 0.136 e. The molecule has 0 radical (unpaired) electrons. The standard InChI is InChI=1S/C30H50O2/c1-23(2)13-11-17-27(7)29(31)21-19-25(5)15-9-10-16-26(6)20-22-30(32)28(8)18-12-14-24(3)4/h13-16,27-28H,9-12,17-22H2,1-8H3/b25-15+,26-16+/t27-,28+. The molecule has 0 amide bonds. The molecule has 0 rings (SSSR count). The number of unbranched alkanes of at least 4 members (excludes halogenated alkanes) is 1. The number of allylic oxidation sites excluding steroid dienone is 8. The molecule has 0 aromatic carbocycles. The lowest BCUT2D eigenvalue weighted by atomic mass is 9.95. The van der Waals surface area contributed by atoms with Gasteiger partial charge in [0, 0.05) is 24.7 Å². The van der Waals surface area contributed by atoms with Gasteiger partial charge in [-0.1, -0.05) is 60.4 Å². The third-order valence-electron chi connectivity index (χ3n) is 6.09. The van der Waals surface area contributed by atoms with Gasteiger partial charge in [-0.05, 0) is 92.9 Å². The number of carbonyl (C=O) groups excluding carboxylic acids is 2. The largest absolute Gasteiger partial charge is 0.299 e. The normalized spacial score (nSPS) is 14.0. The van der Waals surface area contributed by atoms with Gasteiger partial charge >= 0.3 is 0 Å². The summed E-state index contributed by atoms with van der Waals surface area (Å²) in [6, 6.07) is 0. The molecule has 2 heteroatoms. The van der Waals surface area contributed by atoms with Gasteiger partial charge in [-0.2, -0.15) is 0 Å². The molecular weight excluding hydrogens is 392 g/mol. The van der Waals surface area contributed by atoms with Gasteiger partial charge in [0.2, 0.25) is 0 Å². The van der Waals surface area contributed by atoms with Crippen molar-refractivity contribution in [2.75, 3.05) is 0 Å². The van der Waals surface area contributed by atoms with Crippen molar-refractivity contribution in [3.8, 4) is 0 Å². The van der Waals surface area contributed by atoms with Gasteiger partial charge in [-0.15, -0.1) is 0 Å². The van der Waals surface area contributed by atoms with Gasteiger partial charge in [0.15, 0.2) is 0 Å². The highest BCUT2D eigenvalue weighted by atomic mass is 16.1.